The Kier molecular flexibility index (Phi) is 9.55. The summed E-state index contributed by atoms with van der Waals surface area (Å²) in [5.41, 5.74) is 4.92. The van der Waals surface area contributed by atoms with Gasteiger partial charge in [-0.1, -0.05) is 34.8 Å². The van der Waals surface area contributed by atoms with Gasteiger partial charge in [-0.25, -0.2) is 4.79 Å². The number of hydrogen-bond acceptors (Lipinski definition) is 4. The second-order valence-electron chi connectivity index (χ2n) is 2.44. The van der Waals surface area contributed by atoms with E-state index in [1.807, 2.05) is 0 Å². The van der Waals surface area contributed by atoms with Gasteiger partial charge in [0.05, 0.1) is 13.0 Å². The van der Waals surface area contributed by atoms with Crippen LogP contribution in [-0.4, -0.2) is 38.3 Å². The van der Waals surface area contributed by atoms with E-state index in [1.165, 1.54) is 0 Å². The fourth-order valence-electron chi connectivity index (χ4n) is 0.348. The molecule has 0 aliphatic rings. The first-order valence-corrected chi connectivity index (χ1v) is 4.98. The van der Waals surface area contributed by atoms with Gasteiger partial charge in [0.15, 0.2) is 0 Å². The summed E-state index contributed by atoms with van der Waals surface area (Å²) in [4.78, 5) is 29.8. The van der Waals surface area contributed by atoms with Crippen molar-refractivity contribution in [1.29, 1.82) is 0 Å². The Labute approximate surface area is 106 Å². The molecule has 0 amide bonds. The van der Waals surface area contributed by atoms with Crippen LogP contribution in [0.15, 0.2) is 0 Å². The van der Waals surface area contributed by atoms with Crippen LogP contribution in [0.5, 0.6) is 0 Å². The summed E-state index contributed by atoms with van der Waals surface area (Å²) >= 11 is 14.4. The fraction of sp³-hybridized carbons (Fsp3) is 0.571. The van der Waals surface area contributed by atoms with E-state index < -0.39 is 15.7 Å². The third kappa shape index (κ3) is 13.4. The van der Waals surface area contributed by atoms with Gasteiger partial charge in [-0.15, -0.1) is 0 Å². The van der Waals surface area contributed by atoms with Gasteiger partial charge in [-0.05, 0) is 0 Å². The standard InChI is InChI=1S/C5H9NO3.C2HCl3O2/c6-3-4(7)1-2-5(8)9;3-2(4,5)1(6)7/h1-3,6H2,(H,8,9);(H,6,7). The quantitative estimate of drug-likeness (QED) is 0.661. The van der Waals surface area contributed by atoms with Crippen LogP contribution >= 0.6 is 34.8 Å². The van der Waals surface area contributed by atoms with Crippen molar-refractivity contribution in [3.05, 3.63) is 0 Å². The first-order valence-electron chi connectivity index (χ1n) is 3.85. The van der Waals surface area contributed by atoms with Crippen molar-refractivity contribution in [3.63, 3.8) is 0 Å². The summed E-state index contributed by atoms with van der Waals surface area (Å²) in [7, 11) is 0. The molecule has 0 aromatic carbocycles. The van der Waals surface area contributed by atoms with E-state index in [4.69, 9.17) is 50.7 Å². The lowest BCUT2D eigenvalue weighted by Crippen LogP contribution is -2.16. The molecular formula is C7H10Cl3NO5. The van der Waals surface area contributed by atoms with E-state index in [-0.39, 0.29) is 25.2 Å². The molecule has 6 nitrogen and oxygen atoms in total. The third-order valence-corrected chi connectivity index (χ3v) is 1.57. The molecule has 0 rings (SSSR count). The normalized spacial score (nSPS) is 10.0. The van der Waals surface area contributed by atoms with Crippen LogP contribution in [0.3, 0.4) is 0 Å². The van der Waals surface area contributed by atoms with Gasteiger partial charge in [-0.3, -0.25) is 9.59 Å². The van der Waals surface area contributed by atoms with E-state index in [0.717, 1.165) is 0 Å². The van der Waals surface area contributed by atoms with E-state index in [1.54, 1.807) is 0 Å². The predicted molar refractivity (Wildman–Crippen MR) is 58.9 cm³/mol. The van der Waals surface area contributed by atoms with Crippen LogP contribution in [-0.2, 0) is 14.4 Å². The smallest absolute Gasteiger partial charge is 0.356 e. The average Bonchev–Trinajstić information content (AvgIpc) is 2.13. The molecule has 0 saturated heterocycles. The van der Waals surface area contributed by atoms with Crippen molar-refractivity contribution >= 4 is 52.5 Å². The van der Waals surface area contributed by atoms with Crippen molar-refractivity contribution in [2.75, 3.05) is 6.54 Å². The molecule has 0 aromatic heterocycles. The Morgan fingerprint density at radius 1 is 1.06 bits per heavy atom. The highest BCUT2D eigenvalue weighted by Gasteiger charge is 2.29. The molecule has 0 radical (unpaired) electrons. The van der Waals surface area contributed by atoms with Gasteiger partial charge in [0.2, 0.25) is 0 Å². The maximum atomic E-state index is 10.3. The topological polar surface area (TPSA) is 118 Å². The van der Waals surface area contributed by atoms with Crippen LogP contribution in [0.25, 0.3) is 0 Å². The SMILES string of the molecule is NCC(=O)CCC(=O)O.O=C(O)C(Cl)(Cl)Cl. The average molecular weight is 295 g/mol. The summed E-state index contributed by atoms with van der Waals surface area (Å²) < 4.78 is -2.17. The molecule has 0 heterocycles. The number of halogens is 3. The summed E-state index contributed by atoms with van der Waals surface area (Å²) in [5, 5.41) is 15.9. The molecule has 94 valence electrons. The van der Waals surface area contributed by atoms with Gasteiger partial charge in [0.1, 0.15) is 5.78 Å². The lowest BCUT2D eigenvalue weighted by atomic mass is 10.2. The molecule has 4 N–H and O–H groups in total. The highest BCUT2D eigenvalue weighted by atomic mass is 35.6. The number of carbonyl (C=O) groups is 3. The molecule has 0 fully saturated rings. The van der Waals surface area contributed by atoms with Crippen molar-refractivity contribution in [3.8, 4) is 0 Å². The van der Waals surface area contributed by atoms with Crippen molar-refractivity contribution in [2.45, 2.75) is 16.6 Å². The number of carboxylic acid groups (broad SMARTS) is 2. The van der Waals surface area contributed by atoms with Crippen LogP contribution in [0.2, 0.25) is 0 Å². The maximum Gasteiger partial charge on any atom is 0.356 e. The molecule has 0 aliphatic heterocycles. The molecule has 0 bridgehead atoms. The van der Waals surface area contributed by atoms with Gasteiger partial charge < -0.3 is 15.9 Å². The Balaban J connectivity index is 0. The van der Waals surface area contributed by atoms with Crippen LogP contribution in [0.1, 0.15) is 12.8 Å². The summed E-state index contributed by atoms with van der Waals surface area (Å²) in [5.74, 6) is -2.63. The Bertz CT molecular complexity index is 263. The number of Topliss-reactive ketones (excluding diaryl/α,β-unsaturated/α-hetero) is 1. The molecule has 16 heavy (non-hydrogen) atoms. The minimum atomic E-state index is -2.17. The minimum Gasteiger partial charge on any atom is -0.481 e. The Hall–Kier alpha value is -0.560. The number of rotatable bonds is 4. The van der Waals surface area contributed by atoms with Crippen LogP contribution < -0.4 is 5.73 Å². The first kappa shape index (κ1) is 17.8. The molecule has 0 atom stereocenters. The molecule has 0 spiro atoms. The van der Waals surface area contributed by atoms with Gasteiger partial charge in [-0.2, -0.15) is 0 Å². The molecular weight excluding hydrogens is 284 g/mol. The van der Waals surface area contributed by atoms with Crippen molar-refractivity contribution < 1.29 is 24.6 Å². The van der Waals surface area contributed by atoms with Gasteiger partial charge in [0, 0.05) is 6.42 Å². The largest absolute Gasteiger partial charge is 0.481 e. The minimum absolute atomic E-state index is 0.0475. The van der Waals surface area contributed by atoms with E-state index in [9.17, 15) is 14.4 Å². The Morgan fingerprint density at radius 2 is 1.44 bits per heavy atom. The van der Waals surface area contributed by atoms with Crippen molar-refractivity contribution in [1.82, 2.24) is 0 Å². The maximum absolute atomic E-state index is 10.3. The number of aliphatic carboxylic acids is 2. The van der Waals surface area contributed by atoms with E-state index in [2.05, 4.69) is 0 Å². The highest BCUT2D eigenvalue weighted by Crippen LogP contribution is 2.25. The predicted octanol–water partition coefficient (Wildman–Crippen LogP) is 0.820. The highest BCUT2D eigenvalue weighted by molar-refractivity contribution is 6.75. The molecule has 9 heteroatoms. The second kappa shape index (κ2) is 8.58. The number of carboxylic acids is 2. The lowest BCUT2D eigenvalue weighted by Gasteiger charge is -1.99. The monoisotopic (exact) mass is 293 g/mol. The molecule has 0 aromatic rings. The molecule has 0 saturated carbocycles. The number of ketones is 1. The zero-order chi connectivity index (χ0) is 13.4. The third-order valence-electron chi connectivity index (χ3n) is 1.09. The number of nitrogens with two attached hydrogens (primary N) is 1. The van der Waals surface area contributed by atoms with Crippen LogP contribution in [0.4, 0.5) is 0 Å². The Morgan fingerprint density at radius 3 is 1.62 bits per heavy atom. The zero-order valence-electron chi connectivity index (χ0n) is 7.95. The van der Waals surface area contributed by atoms with Gasteiger partial charge >= 0.3 is 11.9 Å². The number of alkyl halides is 3. The fourth-order valence-corrected chi connectivity index (χ4v) is 0.348. The summed E-state index contributed by atoms with van der Waals surface area (Å²) in [6.07, 6.45) is -0.0676. The van der Waals surface area contributed by atoms with E-state index in [0.29, 0.717) is 0 Å². The van der Waals surface area contributed by atoms with E-state index >= 15 is 0 Å². The zero-order valence-corrected chi connectivity index (χ0v) is 10.2. The van der Waals surface area contributed by atoms with Gasteiger partial charge in [0.25, 0.3) is 3.79 Å². The van der Waals surface area contributed by atoms with Crippen molar-refractivity contribution in [2.24, 2.45) is 5.73 Å². The molecule has 0 aliphatic carbocycles. The summed E-state index contributed by atoms with van der Waals surface area (Å²) in [6, 6.07) is 0. The summed E-state index contributed by atoms with van der Waals surface area (Å²) in [6.45, 7) is -0.0622. The number of hydrogen-bond donors (Lipinski definition) is 3. The lowest BCUT2D eigenvalue weighted by molar-refractivity contribution is -0.138. The second-order valence-corrected chi connectivity index (χ2v) is 4.72. The first-order chi connectivity index (χ1) is 7.11. The molecule has 0 unspecified atom stereocenters. The number of carbonyl (C=O) groups excluding carboxylic acids is 1. The van der Waals surface area contributed by atoms with Crippen LogP contribution in [0, 0.1) is 0 Å².